The van der Waals surface area contributed by atoms with Crippen molar-refractivity contribution in [3.8, 4) is 0 Å². The van der Waals surface area contributed by atoms with Crippen molar-refractivity contribution in [1.29, 1.82) is 5.41 Å². The second kappa shape index (κ2) is 5.22. The SMILES string of the molecule is Cl.N=C(N)N1CCC[C@@H](CN)C1. The van der Waals surface area contributed by atoms with Crippen LogP contribution in [0.4, 0.5) is 0 Å². The van der Waals surface area contributed by atoms with Gasteiger partial charge >= 0.3 is 0 Å². The van der Waals surface area contributed by atoms with E-state index in [1.165, 1.54) is 6.42 Å². The van der Waals surface area contributed by atoms with E-state index in [2.05, 4.69) is 0 Å². The molecule has 1 aliphatic heterocycles. The molecule has 5 heteroatoms. The first kappa shape index (κ1) is 11.5. The predicted octanol–water partition coefficient (Wildman–Crippen LogP) is -0.0276. The molecule has 0 spiro atoms. The lowest BCUT2D eigenvalue weighted by Crippen LogP contribution is -2.45. The molecule has 5 N–H and O–H groups in total. The first-order chi connectivity index (χ1) is 5.24. The summed E-state index contributed by atoms with van der Waals surface area (Å²) < 4.78 is 0. The molecular weight excluding hydrogens is 176 g/mol. The van der Waals surface area contributed by atoms with E-state index in [4.69, 9.17) is 16.9 Å². The summed E-state index contributed by atoms with van der Waals surface area (Å²) in [6.45, 7) is 2.50. The normalized spacial score (nSPS) is 23.1. The number of halogens is 1. The molecule has 4 nitrogen and oxygen atoms in total. The van der Waals surface area contributed by atoms with E-state index in [1.54, 1.807) is 0 Å². The van der Waals surface area contributed by atoms with Gasteiger partial charge in [0.2, 0.25) is 0 Å². The van der Waals surface area contributed by atoms with E-state index in [0.29, 0.717) is 12.5 Å². The van der Waals surface area contributed by atoms with Crippen LogP contribution in [0, 0.1) is 11.3 Å². The van der Waals surface area contributed by atoms with Crippen LogP contribution in [0.25, 0.3) is 0 Å². The first-order valence-electron chi connectivity index (χ1n) is 4.03. The minimum absolute atomic E-state index is 0. The number of nitrogens with two attached hydrogens (primary N) is 2. The first-order valence-corrected chi connectivity index (χ1v) is 4.03. The number of hydrogen-bond acceptors (Lipinski definition) is 2. The van der Waals surface area contributed by atoms with Crippen molar-refractivity contribution in [3.05, 3.63) is 0 Å². The van der Waals surface area contributed by atoms with Gasteiger partial charge in [0.1, 0.15) is 0 Å². The van der Waals surface area contributed by atoms with Crippen molar-refractivity contribution in [2.45, 2.75) is 12.8 Å². The Morgan fingerprint density at radius 3 is 2.75 bits per heavy atom. The quantitative estimate of drug-likeness (QED) is 0.403. The lowest BCUT2D eigenvalue weighted by atomic mass is 9.99. The summed E-state index contributed by atoms with van der Waals surface area (Å²) >= 11 is 0. The van der Waals surface area contributed by atoms with Crippen molar-refractivity contribution in [2.75, 3.05) is 19.6 Å². The van der Waals surface area contributed by atoms with Gasteiger partial charge in [-0.2, -0.15) is 0 Å². The Kier molecular flexibility index (Phi) is 5.01. The summed E-state index contributed by atoms with van der Waals surface area (Å²) in [4.78, 5) is 1.89. The third-order valence-electron chi connectivity index (χ3n) is 2.19. The molecule has 0 unspecified atom stereocenters. The molecule has 72 valence electrons. The third kappa shape index (κ3) is 2.87. The third-order valence-corrected chi connectivity index (χ3v) is 2.19. The van der Waals surface area contributed by atoms with Crippen LogP contribution in [-0.4, -0.2) is 30.5 Å². The summed E-state index contributed by atoms with van der Waals surface area (Å²) in [6.07, 6.45) is 2.29. The average molecular weight is 193 g/mol. The molecular formula is C7H17ClN4. The van der Waals surface area contributed by atoms with Gasteiger partial charge in [0, 0.05) is 13.1 Å². The van der Waals surface area contributed by atoms with E-state index >= 15 is 0 Å². The smallest absolute Gasteiger partial charge is 0.188 e. The summed E-state index contributed by atoms with van der Waals surface area (Å²) in [5.41, 5.74) is 10.9. The summed E-state index contributed by atoms with van der Waals surface area (Å²) in [6, 6.07) is 0. The van der Waals surface area contributed by atoms with Crippen molar-refractivity contribution in [1.82, 2.24) is 4.90 Å². The van der Waals surface area contributed by atoms with Crippen molar-refractivity contribution in [3.63, 3.8) is 0 Å². The van der Waals surface area contributed by atoms with Gasteiger partial charge < -0.3 is 16.4 Å². The van der Waals surface area contributed by atoms with E-state index < -0.39 is 0 Å². The molecule has 0 radical (unpaired) electrons. The Balaban J connectivity index is 0.00000121. The Morgan fingerprint density at radius 1 is 1.58 bits per heavy atom. The van der Waals surface area contributed by atoms with Gasteiger partial charge in [-0.1, -0.05) is 0 Å². The van der Waals surface area contributed by atoms with Crippen LogP contribution in [0.1, 0.15) is 12.8 Å². The zero-order chi connectivity index (χ0) is 8.27. The van der Waals surface area contributed by atoms with Gasteiger partial charge in [0.15, 0.2) is 5.96 Å². The maximum atomic E-state index is 7.22. The average Bonchev–Trinajstić information content (AvgIpc) is 2.05. The molecule has 1 rings (SSSR count). The number of nitrogens with zero attached hydrogens (tertiary/aromatic N) is 1. The zero-order valence-electron chi connectivity index (χ0n) is 7.12. The standard InChI is InChI=1S/C7H16N4.ClH/c8-4-6-2-1-3-11(5-6)7(9)10;/h6H,1-5,8H2,(H3,9,10);1H/t6-;/m0./s1. The molecule has 0 aromatic carbocycles. The van der Waals surface area contributed by atoms with Crippen LogP contribution in [0.3, 0.4) is 0 Å². The fourth-order valence-electron chi connectivity index (χ4n) is 1.48. The highest BCUT2D eigenvalue weighted by molar-refractivity contribution is 5.85. The van der Waals surface area contributed by atoms with E-state index in [0.717, 1.165) is 19.5 Å². The highest BCUT2D eigenvalue weighted by Gasteiger charge is 2.18. The van der Waals surface area contributed by atoms with Crippen LogP contribution >= 0.6 is 12.4 Å². The molecule has 0 saturated carbocycles. The summed E-state index contributed by atoms with van der Waals surface area (Å²) in [5.74, 6) is 0.718. The zero-order valence-corrected chi connectivity index (χ0v) is 7.94. The topological polar surface area (TPSA) is 79.1 Å². The van der Waals surface area contributed by atoms with Gasteiger partial charge in [0.05, 0.1) is 0 Å². The summed E-state index contributed by atoms with van der Waals surface area (Å²) in [7, 11) is 0. The van der Waals surface area contributed by atoms with Gasteiger partial charge in [-0.25, -0.2) is 0 Å². The van der Waals surface area contributed by atoms with Gasteiger partial charge in [-0.3, -0.25) is 5.41 Å². The van der Waals surface area contributed by atoms with E-state index in [-0.39, 0.29) is 18.4 Å². The van der Waals surface area contributed by atoms with Gasteiger partial charge in [-0.15, -0.1) is 12.4 Å². The molecule has 1 atom stereocenters. The predicted molar refractivity (Wildman–Crippen MR) is 52.5 cm³/mol. The minimum Gasteiger partial charge on any atom is -0.370 e. The molecule has 0 amide bonds. The van der Waals surface area contributed by atoms with E-state index in [9.17, 15) is 0 Å². The number of rotatable bonds is 1. The fraction of sp³-hybridized carbons (Fsp3) is 0.857. The fourth-order valence-corrected chi connectivity index (χ4v) is 1.48. The maximum Gasteiger partial charge on any atom is 0.188 e. The molecule has 1 saturated heterocycles. The van der Waals surface area contributed by atoms with Crippen LogP contribution in [0.5, 0.6) is 0 Å². The second-order valence-corrected chi connectivity index (χ2v) is 3.08. The monoisotopic (exact) mass is 192 g/mol. The van der Waals surface area contributed by atoms with Crippen LogP contribution < -0.4 is 11.5 Å². The molecule has 12 heavy (non-hydrogen) atoms. The minimum atomic E-state index is 0. The molecule has 0 bridgehead atoms. The maximum absolute atomic E-state index is 7.22. The lowest BCUT2D eigenvalue weighted by Gasteiger charge is -2.32. The Morgan fingerprint density at radius 2 is 2.25 bits per heavy atom. The number of guanidine groups is 1. The highest BCUT2D eigenvalue weighted by Crippen LogP contribution is 2.13. The number of nitrogens with one attached hydrogen (secondary N) is 1. The van der Waals surface area contributed by atoms with Crippen LogP contribution in [0.2, 0.25) is 0 Å². The largest absolute Gasteiger partial charge is 0.370 e. The van der Waals surface area contributed by atoms with Crippen molar-refractivity contribution < 1.29 is 0 Å². The molecule has 1 fully saturated rings. The number of piperidine rings is 1. The molecule has 0 aromatic heterocycles. The van der Waals surface area contributed by atoms with Gasteiger partial charge in [0.25, 0.3) is 0 Å². The lowest BCUT2D eigenvalue weighted by molar-refractivity contribution is 0.260. The molecule has 0 aliphatic carbocycles. The summed E-state index contributed by atoms with van der Waals surface area (Å²) in [5, 5.41) is 7.22. The Bertz CT molecular complexity index is 150. The van der Waals surface area contributed by atoms with E-state index in [1.807, 2.05) is 4.90 Å². The van der Waals surface area contributed by atoms with Crippen LogP contribution in [-0.2, 0) is 0 Å². The molecule has 0 aromatic rings. The number of hydrogen-bond donors (Lipinski definition) is 3. The van der Waals surface area contributed by atoms with Crippen LogP contribution in [0.15, 0.2) is 0 Å². The molecule has 1 heterocycles. The van der Waals surface area contributed by atoms with Crippen molar-refractivity contribution >= 4 is 18.4 Å². The highest BCUT2D eigenvalue weighted by atomic mass is 35.5. The Labute approximate surface area is 79.2 Å². The molecule has 1 aliphatic rings. The van der Waals surface area contributed by atoms with Crippen molar-refractivity contribution in [2.24, 2.45) is 17.4 Å². The van der Waals surface area contributed by atoms with Gasteiger partial charge in [-0.05, 0) is 25.3 Å². The number of likely N-dealkylation sites (tertiary alicyclic amines) is 1. The Hall–Kier alpha value is -0.480. The second-order valence-electron chi connectivity index (χ2n) is 3.08.